The Balaban J connectivity index is 1.60. The van der Waals surface area contributed by atoms with Crippen molar-refractivity contribution in [3.63, 3.8) is 0 Å². The van der Waals surface area contributed by atoms with Crippen molar-refractivity contribution in [2.24, 2.45) is 0 Å². The summed E-state index contributed by atoms with van der Waals surface area (Å²) in [5, 5.41) is 7.61. The van der Waals surface area contributed by atoms with Crippen LogP contribution in [0.15, 0.2) is 54.6 Å². The van der Waals surface area contributed by atoms with Gasteiger partial charge in [0.05, 0.1) is 12.2 Å². The third-order valence-electron chi connectivity index (χ3n) is 4.85. The number of rotatable bonds is 7. The minimum Gasteiger partial charge on any atom is -0.481 e. The quantitative estimate of drug-likeness (QED) is 0.678. The highest BCUT2D eigenvalue weighted by atomic mass is 16.5. The van der Waals surface area contributed by atoms with Crippen LogP contribution in [0.25, 0.3) is 0 Å². The second-order valence-electron chi connectivity index (χ2n) is 7.08. The van der Waals surface area contributed by atoms with E-state index in [1.54, 1.807) is 6.92 Å². The first-order valence-corrected chi connectivity index (χ1v) is 9.52. The average Bonchev–Trinajstić information content (AvgIpc) is 2.95. The molecule has 1 N–H and O–H groups in total. The van der Waals surface area contributed by atoms with E-state index in [1.807, 2.05) is 67.9 Å². The lowest BCUT2D eigenvalue weighted by Crippen LogP contribution is -2.36. The van der Waals surface area contributed by atoms with Crippen molar-refractivity contribution in [2.45, 2.75) is 46.9 Å². The lowest BCUT2D eigenvalue weighted by Gasteiger charge is -2.15. The van der Waals surface area contributed by atoms with Gasteiger partial charge in [-0.1, -0.05) is 48.0 Å². The number of carbonyl (C=O) groups is 1. The predicted octanol–water partition coefficient (Wildman–Crippen LogP) is 3.94. The highest BCUT2D eigenvalue weighted by molar-refractivity contribution is 5.80. The Morgan fingerprint density at radius 1 is 1.07 bits per heavy atom. The van der Waals surface area contributed by atoms with E-state index in [0.29, 0.717) is 18.8 Å². The van der Waals surface area contributed by atoms with Gasteiger partial charge >= 0.3 is 0 Å². The number of aromatic nitrogens is 2. The molecule has 3 rings (SSSR count). The lowest BCUT2D eigenvalue weighted by atomic mass is 10.2. The van der Waals surface area contributed by atoms with Gasteiger partial charge in [0.15, 0.2) is 6.10 Å². The van der Waals surface area contributed by atoms with Gasteiger partial charge in [-0.15, -0.1) is 0 Å². The summed E-state index contributed by atoms with van der Waals surface area (Å²) >= 11 is 0. The van der Waals surface area contributed by atoms with Crippen LogP contribution in [-0.4, -0.2) is 21.8 Å². The number of benzene rings is 2. The van der Waals surface area contributed by atoms with Gasteiger partial charge in [0, 0.05) is 17.8 Å². The van der Waals surface area contributed by atoms with Gasteiger partial charge in [-0.25, -0.2) is 0 Å². The molecule has 0 aliphatic heterocycles. The molecule has 3 aromatic rings. The largest absolute Gasteiger partial charge is 0.481 e. The van der Waals surface area contributed by atoms with E-state index in [9.17, 15) is 4.79 Å². The summed E-state index contributed by atoms with van der Waals surface area (Å²) in [5.74, 6) is 0.548. The van der Waals surface area contributed by atoms with Gasteiger partial charge in [0.25, 0.3) is 5.91 Å². The standard InChI is InChI=1S/C23H27N3O2/c1-16-10-12-21(13-11-16)28-19(4)23(27)24-14-22-17(2)25-26(18(22)3)15-20-8-6-5-7-9-20/h5-13,19H,14-15H2,1-4H3,(H,24,27)/t19-/m1/s1. The van der Waals surface area contributed by atoms with Crippen LogP contribution in [0.5, 0.6) is 5.75 Å². The second-order valence-corrected chi connectivity index (χ2v) is 7.08. The van der Waals surface area contributed by atoms with E-state index in [-0.39, 0.29) is 5.91 Å². The van der Waals surface area contributed by atoms with Crippen molar-refractivity contribution in [3.8, 4) is 5.75 Å². The fourth-order valence-corrected chi connectivity index (χ4v) is 3.09. The van der Waals surface area contributed by atoms with Crippen molar-refractivity contribution in [3.05, 3.63) is 82.7 Å². The lowest BCUT2D eigenvalue weighted by molar-refractivity contribution is -0.127. The van der Waals surface area contributed by atoms with Crippen LogP contribution < -0.4 is 10.1 Å². The van der Waals surface area contributed by atoms with E-state index in [4.69, 9.17) is 4.74 Å². The molecule has 0 radical (unpaired) electrons. The van der Waals surface area contributed by atoms with E-state index < -0.39 is 6.10 Å². The van der Waals surface area contributed by atoms with Crippen molar-refractivity contribution in [1.29, 1.82) is 0 Å². The predicted molar refractivity (Wildman–Crippen MR) is 110 cm³/mol. The Hall–Kier alpha value is -3.08. The first-order chi connectivity index (χ1) is 13.4. The fourth-order valence-electron chi connectivity index (χ4n) is 3.09. The smallest absolute Gasteiger partial charge is 0.261 e. The molecule has 0 saturated carbocycles. The van der Waals surface area contributed by atoms with Crippen molar-refractivity contribution in [2.75, 3.05) is 0 Å². The Morgan fingerprint density at radius 2 is 1.75 bits per heavy atom. The summed E-state index contributed by atoms with van der Waals surface area (Å²) in [6, 6.07) is 17.9. The van der Waals surface area contributed by atoms with Crippen LogP contribution in [0.3, 0.4) is 0 Å². The third-order valence-corrected chi connectivity index (χ3v) is 4.85. The Labute approximate surface area is 166 Å². The van der Waals surface area contributed by atoms with Gasteiger partial charge in [-0.2, -0.15) is 5.10 Å². The van der Waals surface area contributed by atoms with Gasteiger partial charge in [0.1, 0.15) is 5.75 Å². The summed E-state index contributed by atoms with van der Waals surface area (Å²) in [6.07, 6.45) is -0.567. The van der Waals surface area contributed by atoms with Crippen LogP contribution in [0.1, 0.15) is 35.0 Å². The average molecular weight is 377 g/mol. The van der Waals surface area contributed by atoms with E-state index >= 15 is 0 Å². The second kappa shape index (κ2) is 8.74. The summed E-state index contributed by atoms with van der Waals surface area (Å²) in [7, 11) is 0. The van der Waals surface area contributed by atoms with E-state index in [0.717, 1.165) is 22.5 Å². The van der Waals surface area contributed by atoms with Crippen molar-refractivity contribution >= 4 is 5.91 Å². The third kappa shape index (κ3) is 4.80. The Kier molecular flexibility index (Phi) is 6.14. The maximum Gasteiger partial charge on any atom is 0.261 e. The summed E-state index contributed by atoms with van der Waals surface area (Å²) in [5.41, 5.74) is 5.40. The number of nitrogens with zero attached hydrogens (tertiary/aromatic N) is 2. The van der Waals surface area contributed by atoms with Gasteiger partial charge in [0.2, 0.25) is 0 Å². The van der Waals surface area contributed by atoms with Crippen LogP contribution >= 0.6 is 0 Å². The van der Waals surface area contributed by atoms with Gasteiger partial charge < -0.3 is 10.1 Å². The number of carbonyl (C=O) groups excluding carboxylic acids is 1. The molecule has 1 atom stereocenters. The number of aryl methyl sites for hydroxylation is 2. The molecular weight excluding hydrogens is 350 g/mol. The maximum atomic E-state index is 12.4. The molecule has 0 spiro atoms. The first-order valence-electron chi connectivity index (χ1n) is 9.52. The van der Waals surface area contributed by atoms with E-state index in [2.05, 4.69) is 22.5 Å². The molecular formula is C23H27N3O2. The number of hydrogen-bond donors (Lipinski definition) is 1. The molecule has 1 amide bonds. The number of hydrogen-bond acceptors (Lipinski definition) is 3. The maximum absolute atomic E-state index is 12.4. The number of amides is 1. The monoisotopic (exact) mass is 377 g/mol. The van der Waals surface area contributed by atoms with Gasteiger partial charge in [-0.05, 0) is 45.4 Å². The van der Waals surface area contributed by atoms with Crippen molar-refractivity contribution < 1.29 is 9.53 Å². The van der Waals surface area contributed by atoms with Crippen LogP contribution in [0, 0.1) is 20.8 Å². The molecule has 0 unspecified atom stereocenters. The molecule has 0 aliphatic rings. The zero-order valence-corrected chi connectivity index (χ0v) is 16.9. The van der Waals surface area contributed by atoms with Crippen molar-refractivity contribution in [1.82, 2.24) is 15.1 Å². The SMILES string of the molecule is Cc1ccc(O[C@H](C)C(=O)NCc2c(C)nn(Cc3ccccc3)c2C)cc1. The summed E-state index contributed by atoms with van der Waals surface area (Å²) in [6.45, 7) is 8.94. The topological polar surface area (TPSA) is 56.1 Å². The normalized spacial score (nSPS) is 11.9. The molecule has 146 valence electrons. The molecule has 2 aromatic carbocycles. The zero-order chi connectivity index (χ0) is 20.1. The summed E-state index contributed by atoms with van der Waals surface area (Å²) in [4.78, 5) is 12.4. The molecule has 5 nitrogen and oxygen atoms in total. The highest BCUT2D eigenvalue weighted by Gasteiger charge is 2.17. The molecule has 1 aromatic heterocycles. The Morgan fingerprint density at radius 3 is 2.43 bits per heavy atom. The molecule has 0 saturated heterocycles. The fraction of sp³-hybridized carbons (Fsp3) is 0.304. The van der Waals surface area contributed by atoms with Crippen LogP contribution in [0.4, 0.5) is 0 Å². The number of nitrogens with one attached hydrogen (secondary N) is 1. The molecule has 0 fully saturated rings. The first kappa shape index (κ1) is 19.7. The molecule has 5 heteroatoms. The van der Waals surface area contributed by atoms with Gasteiger partial charge in [-0.3, -0.25) is 9.48 Å². The van der Waals surface area contributed by atoms with E-state index in [1.165, 1.54) is 5.56 Å². The highest BCUT2D eigenvalue weighted by Crippen LogP contribution is 2.16. The molecule has 0 bridgehead atoms. The number of ether oxygens (including phenoxy) is 1. The minimum atomic E-state index is -0.567. The molecule has 0 aliphatic carbocycles. The Bertz CT molecular complexity index is 930. The minimum absolute atomic E-state index is 0.143. The zero-order valence-electron chi connectivity index (χ0n) is 16.9. The molecule has 28 heavy (non-hydrogen) atoms. The summed E-state index contributed by atoms with van der Waals surface area (Å²) < 4.78 is 7.72. The molecule has 1 heterocycles. The van der Waals surface area contributed by atoms with Crippen LogP contribution in [-0.2, 0) is 17.9 Å². The van der Waals surface area contributed by atoms with Crippen LogP contribution in [0.2, 0.25) is 0 Å².